The highest BCUT2D eigenvalue weighted by Crippen LogP contribution is 2.15. The molecular formula is C33H32N4O4. The van der Waals surface area contributed by atoms with Crippen molar-refractivity contribution in [2.45, 2.75) is 32.5 Å². The quantitative estimate of drug-likeness (QED) is 0.158. The van der Waals surface area contributed by atoms with Crippen molar-refractivity contribution in [3.63, 3.8) is 0 Å². The van der Waals surface area contributed by atoms with Crippen molar-refractivity contribution in [1.82, 2.24) is 10.9 Å². The molecular weight excluding hydrogens is 516 g/mol. The molecule has 0 fully saturated rings. The first-order valence-electron chi connectivity index (χ1n) is 13.3. The fourth-order valence-corrected chi connectivity index (χ4v) is 3.73. The summed E-state index contributed by atoms with van der Waals surface area (Å²) in [5.41, 5.74) is 8.72. The largest absolute Gasteiger partial charge is 0.489 e. The number of carbonyl (C=O) groups excluding carboxylic acids is 2. The van der Waals surface area contributed by atoms with E-state index in [2.05, 4.69) is 21.1 Å². The van der Waals surface area contributed by atoms with Gasteiger partial charge in [-0.15, -0.1) is 0 Å². The molecule has 4 aromatic carbocycles. The van der Waals surface area contributed by atoms with Crippen LogP contribution in [0.1, 0.15) is 41.5 Å². The topological polar surface area (TPSA) is 101 Å². The van der Waals surface area contributed by atoms with Crippen molar-refractivity contribution < 1.29 is 19.1 Å². The van der Waals surface area contributed by atoms with Gasteiger partial charge in [0.25, 0.3) is 0 Å². The van der Waals surface area contributed by atoms with Crippen molar-refractivity contribution in [1.29, 1.82) is 0 Å². The molecule has 8 heteroatoms. The molecule has 2 amide bonds. The third-order valence-electron chi connectivity index (χ3n) is 5.83. The van der Waals surface area contributed by atoms with Crippen LogP contribution in [-0.4, -0.2) is 24.2 Å². The molecule has 0 saturated heterocycles. The molecule has 4 rings (SSSR count). The van der Waals surface area contributed by atoms with E-state index in [4.69, 9.17) is 9.47 Å². The molecule has 0 aliphatic heterocycles. The van der Waals surface area contributed by atoms with Gasteiger partial charge < -0.3 is 9.47 Å². The standard InChI is InChI=1S/C33H32N4O4/c38-32(36-34-22-28-14-7-16-30(20-28)40-24-26-10-3-1-4-11-26)18-9-19-33(39)37-35-23-29-15-8-17-31(21-29)41-25-27-12-5-2-6-13-27/h1-8,10-17,20-23H,9,18-19,24-25H2,(H,36,38)(H,37,39)/b34-22+,35-23+. The fourth-order valence-electron chi connectivity index (χ4n) is 3.73. The van der Waals surface area contributed by atoms with Gasteiger partial charge in [-0.3, -0.25) is 9.59 Å². The first-order chi connectivity index (χ1) is 20.1. The minimum absolute atomic E-state index is 0.162. The van der Waals surface area contributed by atoms with Gasteiger partial charge in [0.05, 0.1) is 12.4 Å². The Bertz CT molecular complexity index is 1350. The minimum Gasteiger partial charge on any atom is -0.489 e. The Morgan fingerprint density at radius 3 is 1.46 bits per heavy atom. The highest BCUT2D eigenvalue weighted by Gasteiger charge is 2.04. The lowest BCUT2D eigenvalue weighted by Gasteiger charge is -2.07. The molecule has 0 aliphatic carbocycles. The number of amides is 2. The zero-order valence-corrected chi connectivity index (χ0v) is 22.6. The number of carbonyl (C=O) groups is 2. The molecule has 208 valence electrons. The lowest BCUT2D eigenvalue weighted by molar-refractivity contribution is -0.122. The van der Waals surface area contributed by atoms with E-state index >= 15 is 0 Å². The molecule has 0 atom stereocenters. The van der Waals surface area contributed by atoms with Crippen LogP contribution < -0.4 is 20.3 Å². The van der Waals surface area contributed by atoms with Crippen LogP contribution in [0.15, 0.2) is 119 Å². The highest BCUT2D eigenvalue weighted by atomic mass is 16.5. The third kappa shape index (κ3) is 10.8. The fraction of sp³-hybridized carbons (Fsp3) is 0.152. The van der Waals surface area contributed by atoms with Crippen LogP contribution in [0.3, 0.4) is 0 Å². The summed E-state index contributed by atoms with van der Waals surface area (Å²) in [6.07, 6.45) is 3.80. The van der Waals surface area contributed by atoms with E-state index in [0.29, 0.717) is 31.1 Å². The molecule has 0 spiro atoms. The van der Waals surface area contributed by atoms with Crippen molar-refractivity contribution in [3.8, 4) is 11.5 Å². The number of hydrogen-bond acceptors (Lipinski definition) is 6. The van der Waals surface area contributed by atoms with E-state index in [0.717, 1.165) is 22.3 Å². The zero-order valence-electron chi connectivity index (χ0n) is 22.6. The van der Waals surface area contributed by atoms with Gasteiger partial charge in [-0.1, -0.05) is 84.9 Å². The summed E-state index contributed by atoms with van der Waals surface area (Å²) in [4.78, 5) is 24.2. The van der Waals surface area contributed by atoms with E-state index in [9.17, 15) is 9.59 Å². The predicted molar refractivity (Wildman–Crippen MR) is 160 cm³/mol. The van der Waals surface area contributed by atoms with Gasteiger partial charge in [-0.25, -0.2) is 10.9 Å². The number of hydrazone groups is 2. The summed E-state index contributed by atoms with van der Waals surface area (Å²) >= 11 is 0. The summed E-state index contributed by atoms with van der Waals surface area (Å²) in [6, 6.07) is 34.7. The first-order valence-corrected chi connectivity index (χ1v) is 13.3. The Kier molecular flexibility index (Phi) is 11.2. The second-order valence-electron chi connectivity index (χ2n) is 9.13. The number of nitrogens with one attached hydrogen (secondary N) is 2. The van der Waals surface area contributed by atoms with Gasteiger partial charge in [-0.05, 0) is 52.9 Å². The molecule has 0 radical (unpaired) electrons. The lowest BCUT2D eigenvalue weighted by Crippen LogP contribution is -2.20. The van der Waals surface area contributed by atoms with Crippen LogP contribution in [0.25, 0.3) is 0 Å². The minimum atomic E-state index is -0.277. The average molecular weight is 549 g/mol. The molecule has 0 saturated carbocycles. The molecule has 2 N–H and O–H groups in total. The Morgan fingerprint density at radius 1 is 0.585 bits per heavy atom. The summed E-state index contributed by atoms with van der Waals surface area (Å²) in [5.74, 6) is 0.867. The Hall–Kier alpha value is -5.24. The van der Waals surface area contributed by atoms with Crippen molar-refractivity contribution in [2.24, 2.45) is 10.2 Å². The molecule has 0 aliphatic rings. The monoisotopic (exact) mass is 548 g/mol. The number of ether oxygens (including phenoxy) is 2. The number of hydrogen-bond donors (Lipinski definition) is 2. The summed E-state index contributed by atoms with van der Waals surface area (Å²) in [7, 11) is 0. The molecule has 0 aromatic heterocycles. The normalized spacial score (nSPS) is 10.9. The number of rotatable bonds is 14. The average Bonchev–Trinajstić information content (AvgIpc) is 3.00. The van der Waals surface area contributed by atoms with Gasteiger partial charge >= 0.3 is 0 Å². The summed E-state index contributed by atoms with van der Waals surface area (Å²) < 4.78 is 11.6. The van der Waals surface area contributed by atoms with E-state index in [1.165, 1.54) is 0 Å². The van der Waals surface area contributed by atoms with Crippen LogP contribution in [0, 0.1) is 0 Å². The van der Waals surface area contributed by atoms with Crippen LogP contribution in [0.4, 0.5) is 0 Å². The lowest BCUT2D eigenvalue weighted by atomic mass is 10.2. The second-order valence-corrected chi connectivity index (χ2v) is 9.13. The van der Waals surface area contributed by atoms with Crippen LogP contribution in [0.5, 0.6) is 11.5 Å². The van der Waals surface area contributed by atoms with E-state index in [1.54, 1.807) is 12.4 Å². The molecule has 0 heterocycles. The maximum atomic E-state index is 12.1. The molecule has 41 heavy (non-hydrogen) atoms. The van der Waals surface area contributed by atoms with Crippen molar-refractivity contribution >= 4 is 24.2 Å². The second kappa shape index (κ2) is 16.0. The summed E-state index contributed by atoms with van der Waals surface area (Å²) in [5, 5.41) is 8.01. The number of benzene rings is 4. The maximum Gasteiger partial charge on any atom is 0.240 e. The first kappa shape index (κ1) is 28.8. The highest BCUT2D eigenvalue weighted by molar-refractivity contribution is 5.84. The van der Waals surface area contributed by atoms with Crippen LogP contribution in [0.2, 0.25) is 0 Å². The van der Waals surface area contributed by atoms with Crippen molar-refractivity contribution in [3.05, 3.63) is 131 Å². The summed E-state index contributed by atoms with van der Waals surface area (Å²) in [6.45, 7) is 0.933. The Morgan fingerprint density at radius 2 is 1.02 bits per heavy atom. The van der Waals surface area contributed by atoms with Gasteiger partial charge in [0, 0.05) is 12.8 Å². The van der Waals surface area contributed by atoms with Gasteiger partial charge in [0.15, 0.2) is 0 Å². The van der Waals surface area contributed by atoms with Gasteiger partial charge in [0.1, 0.15) is 24.7 Å². The smallest absolute Gasteiger partial charge is 0.240 e. The van der Waals surface area contributed by atoms with Crippen LogP contribution >= 0.6 is 0 Å². The zero-order chi connectivity index (χ0) is 28.5. The van der Waals surface area contributed by atoms with Crippen LogP contribution in [-0.2, 0) is 22.8 Å². The Balaban J connectivity index is 1.11. The SMILES string of the molecule is O=C(CCCC(=O)N/N=C/c1cccc(OCc2ccccc2)c1)N/N=C/c1cccc(OCc2ccccc2)c1. The predicted octanol–water partition coefficient (Wildman–Crippen LogP) is 5.62. The van der Waals surface area contributed by atoms with Gasteiger partial charge in [0.2, 0.25) is 11.8 Å². The van der Waals surface area contributed by atoms with E-state index in [1.807, 2.05) is 109 Å². The maximum absolute atomic E-state index is 12.1. The number of nitrogens with zero attached hydrogens (tertiary/aromatic N) is 2. The molecule has 0 unspecified atom stereocenters. The van der Waals surface area contributed by atoms with Crippen molar-refractivity contribution in [2.75, 3.05) is 0 Å². The van der Waals surface area contributed by atoms with E-state index in [-0.39, 0.29) is 24.7 Å². The molecule has 0 bridgehead atoms. The third-order valence-corrected chi connectivity index (χ3v) is 5.83. The van der Waals surface area contributed by atoms with E-state index < -0.39 is 0 Å². The molecule has 4 aromatic rings. The van der Waals surface area contributed by atoms with Gasteiger partial charge in [-0.2, -0.15) is 10.2 Å². The Labute approximate surface area is 239 Å². The molecule has 8 nitrogen and oxygen atoms in total.